The lowest BCUT2D eigenvalue weighted by Gasteiger charge is -2.06. The fraction of sp³-hybridized carbons (Fsp3) is 0.0625. The van der Waals surface area contributed by atoms with Crippen LogP contribution in [0.25, 0.3) is 12.2 Å². The van der Waals surface area contributed by atoms with Crippen LogP contribution in [-0.4, -0.2) is 13.0 Å². The van der Waals surface area contributed by atoms with Gasteiger partial charge in [-0.15, -0.1) is 0 Å². The number of carbonyl (C=O) groups is 1. The molecule has 5 heteroatoms. The highest BCUT2D eigenvalue weighted by Gasteiger charge is 2.07. The minimum Gasteiger partial charge on any atom is -0.496 e. The van der Waals surface area contributed by atoms with Gasteiger partial charge in [-0.3, -0.25) is 4.79 Å². The van der Waals surface area contributed by atoms with Crippen LogP contribution in [0.1, 0.15) is 21.5 Å². The third-order valence-corrected chi connectivity index (χ3v) is 3.23. The molecule has 2 aromatic rings. The Morgan fingerprint density at radius 1 is 1.24 bits per heavy atom. The molecular formula is C16H13ClFNO2. The quantitative estimate of drug-likeness (QED) is 0.874. The molecule has 0 heterocycles. The normalized spacial score (nSPS) is 10.8. The summed E-state index contributed by atoms with van der Waals surface area (Å²) in [5.74, 6) is -0.486. The van der Waals surface area contributed by atoms with Crippen LogP contribution >= 0.6 is 11.6 Å². The first-order valence-electron chi connectivity index (χ1n) is 6.13. The Kier molecular flexibility index (Phi) is 4.60. The SMILES string of the molecule is COc1ccc(C(N)=O)cc1/C=C/c1cccc(Cl)c1F. The summed E-state index contributed by atoms with van der Waals surface area (Å²) in [5.41, 5.74) is 6.55. The van der Waals surface area contributed by atoms with Crippen LogP contribution in [0, 0.1) is 5.82 Å². The van der Waals surface area contributed by atoms with E-state index in [-0.39, 0.29) is 5.02 Å². The predicted molar refractivity (Wildman–Crippen MR) is 81.8 cm³/mol. The van der Waals surface area contributed by atoms with Crippen molar-refractivity contribution in [3.05, 3.63) is 63.9 Å². The van der Waals surface area contributed by atoms with Crippen molar-refractivity contribution in [3.63, 3.8) is 0 Å². The zero-order valence-electron chi connectivity index (χ0n) is 11.3. The molecule has 2 rings (SSSR count). The number of rotatable bonds is 4. The first kappa shape index (κ1) is 15.1. The van der Waals surface area contributed by atoms with Crippen LogP contribution in [0.5, 0.6) is 5.75 Å². The smallest absolute Gasteiger partial charge is 0.248 e. The van der Waals surface area contributed by atoms with E-state index in [4.69, 9.17) is 22.1 Å². The van der Waals surface area contributed by atoms with Crippen LogP contribution in [0.15, 0.2) is 36.4 Å². The molecule has 21 heavy (non-hydrogen) atoms. The number of ether oxygens (including phenoxy) is 1. The molecule has 2 N–H and O–H groups in total. The van der Waals surface area contributed by atoms with Crippen molar-refractivity contribution in [2.75, 3.05) is 7.11 Å². The Bertz CT molecular complexity index is 713. The van der Waals surface area contributed by atoms with E-state index in [2.05, 4.69) is 0 Å². The molecule has 0 aliphatic heterocycles. The first-order valence-corrected chi connectivity index (χ1v) is 6.50. The Morgan fingerprint density at radius 2 is 1.95 bits per heavy atom. The fourth-order valence-corrected chi connectivity index (χ4v) is 2.03. The zero-order valence-corrected chi connectivity index (χ0v) is 12.0. The van der Waals surface area contributed by atoms with E-state index in [9.17, 15) is 9.18 Å². The van der Waals surface area contributed by atoms with Gasteiger partial charge < -0.3 is 10.5 Å². The van der Waals surface area contributed by atoms with Gasteiger partial charge >= 0.3 is 0 Å². The van der Waals surface area contributed by atoms with Gasteiger partial charge in [-0.1, -0.05) is 35.9 Å². The summed E-state index contributed by atoms with van der Waals surface area (Å²) < 4.78 is 19.0. The maximum Gasteiger partial charge on any atom is 0.248 e. The third-order valence-electron chi connectivity index (χ3n) is 2.94. The van der Waals surface area contributed by atoms with Crippen molar-refractivity contribution in [2.45, 2.75) is 0 Å². The van der Waals surface area contributed by atoms with E-state index in [0.29, 0.717) is 22.4 Å². The molecule has 3 nitrogen and oxygen atoms in total. The van der Waals surface area contributed by atoms with Crippen molar-refractivity contribution in [1.82, 2.24) is 0 Å². The number of hydrogen-bond donors (Lipinski definition) is 1. The van der Waals surface area contributed by atoms with E-state index < -0.39 is 11.7 Å². The number of hydrogen-bond acceptors (Lipinski definition) is 2. The van der Waals surface area contributed by atoms with Crippen LogP contribution in [0.4, 0.5) is 4.39 Å². The van der Waals surface area contributed by atoms with Crippen molar-refractivity contribution in [1.29, 1.82) is 0 Å². The van der Waals surface area contributed by atoms with E-state index in [1.165, 1.54) is 13.2 Å². The van der Waals surface area contributed by atoms with Crippen LogP contribution < -0.4 is 10.5 Å². The second kappa shape index (κ2) is 6.41. The highest BCUT2D eigenvalue weighted by Crippen LogP contribution is 2.24. The summed E-state index contributed by atoms with van der Waals surface area (Å²) in [6.07, 6.45) is 3.20. The summed E-state index contributed by atoms with van der Waals surface area (Å²) in [6, 6.07) is 9.51. The van der Waals surface area contributed by atoms with E-state index in [1.54, 1.807) is 42.5 Å². The summed E-state index contributed by atoms with van der Waals surface area (Å²) in [4.78, 5) is 11.2. The van der Waals surface area contributed by atoms with Gasteiger partial charge in [0, 0.05) is 16.7 Å². The van der Waals surface area contributed by atoms with Gasteiger partial charge in [0.2, 0.25) is 5.91 Å². The molecule has 0 bridgehead atoms. The topological polar surface area (TPSA) is 52.3 Å². The number of benzene rings is 2. The van der Waals surface area contributed by atoms with E-state index >= 15 is 0 Å². The molecule has 0 aliphatic rings. The molecule has 0 radical (unpaired) electrons. The maximum atomic E-state index is 13.8. The number of amides is 1. The second-order valence-electron chi connectivity index (χ2n) is 4.30. The molecule has 0 atom stereocenters. The lowest BCUT2D eigenvalue weighted by atomic mass is 10.1. The largest absolute Gasteiger partial charge is 0.496 e. The molecule has 0 saturated heterocycles. The van der Waals surface area contributed by atoms with Gasteiger partial charge in [-0.05, 0) is 24.3 Å². The van der Waals surface area contributed by atoms with Gasteiger partial charge in [0.05, 0.1) is 12.1 Å². The zero-order chi connectivity index (χ0) is 15.4. The van der Waals surface area contributed by atoms with Crippen LogP contribution in [-0.2, 0) is 0 Å². The Labute approximate surface area is 126 Å². The molecule has 0 fully saturated rings. The van der Waals surface area contributed by atoms with Crippen molar-refractivity contribution in [2.24, 2.45) is 5.73 Å². The number of carbonyl (C=O) groups excluding carboxylic acids is 1. The Hall–Kier alpha value is -2.33. The average Bonchev–Trinajstić information content (AvgIpc) is 2.48. The fourth-order valence-electron chi connectivity index (χ4n) is 1.85. The lowest BCUT2D eigenvalue weighted by molar-refractivity contribution is 0.1000. The molecule has 0 saturated carbocycles. The predicted octanol–water partition coefficient (Wildman–Crippen LogP) is 3.76. The molecule has 1 amide bonds. The lowest BCUT2D eigenvalue weighted by Crippen LogP contribution is -2.10. The van der Waals surface area contributed by atoms with E-state index in [0.717, 1.165) is 0 Å². The molecule has 0 unspecified atom stereocenters. The minimum absolute atomic E-state index is 0.0509. The van der Waals surface area contributed by atoms with Gasteiger partial charge in [-0.2, -0.15) is 0 Å². The number of primary amides is 1. The monoisotopic (exact) mass is 305 g/mol. The second-order valence-corrected chi connectivity index (χ2v) is 4.70. The number of halogens is 2. The molecule has 108 valence electrons. The van der Waals surface area contributed by atoms with E-state index in [1.807, 2.05) is 0 Å². The highest BCUT2D eigenvalue weighted by molar-refractivity contribution is 6.30. The van der Waals surface area contributed by atoms with Gasteiger partial charge in [0.15, 0.2) is 0 Å². The number of methoxy groups -OCH3 is 1. The average molecular weight is 306 g/mol. The Balaban J connectivity index is 2.42. The first-order chi connectivity index (χ1) is 10.0. The van der Waals surface area contributed by atoms with Crippen molar-refractivity contribution in [3.8, 4) is 5.75 Å². The summed E-state index contributed by atoms with van der Waals surface area (Å²) in [7, 11) is 1.51. The molecular weight excluding hydrogens is 293 g/mol. The number of nitrogens with two attached hydrogens (primary N) is 1. The maximum absolute atomic E-state index is 13.8. The van der Waals surface area contributed by atoms with Gasteiger partial charge in [-0.25, -0.2) is 4.39 Å². The summed E-state index contributed by atoms with van der Waals surface area (Å²) in [6.45, 7) is 0. The van der Waals surface area contributed by atoms with Crippen LogP contribution in [0.3, 0.4) is 0 Å². The standard InChI is InChI=1S/C16H13ClFNO2/c1-21-14-8-7-12(16(19)20)9-11(14)6-5-10-3-2-4-13(17)15(10)18/h2-9H,1H3,(H2,19,20)/b6-5+. The van der Waals surface area contributed by atoms with Gasteiger partial charge in [0.1, 0.15) is 11.6 Å². The third kappa shape index (κ3) is 3.41. The van der Waals surface area contributed by atoms with Crippen molar-refractivity contribution < 1.29 is 13.9 Å². The molecule has 0 aromatic heterocycles. The van der Waals surface area contributed by atoms with Crippen molar-refractivity contribution >= 4 is 29.7 Å². The minimum atomic E-state index is -0.541. The van der Waals surface area contributed by atoms with Gasteiger partial charge in [0.25, 0.3) is 0 Å². The summed E-state index contributed by atoms with van der Waals surface area (Å²) in [5, 5.41) is 0.0509. The Morgan fingerprint density at radius 3 is 2.62 bits per heavy atom. The highest BCUT2D eigenvalue weighted by atomic mass is 35.5. The molecule has 0 spiro atoms. The molecule has 0 aliphatic carbocycles. The molecule has 2 aromatic carbocycles. The van der Waals surface area contributed by atoms with Crippen LogP contribution in [0.2, 0.25) is 5.02 Å². The summed E-state index contributed by atoms with van der Waals surface area (Å²) >= 11 is 5.73.